The smallest absolute Gasteiger partial charge is 0.0806 e. The van der Waals surface area contributed by atoms with Gasteiger partial charge in [0.05, 0.1) is 23.1 Å². The number of rotatable bonds is 5. The Bertz CT molecular complexity index is 476. The van der Waals surface area contributed by atoms with Crippen LogP contribution in [0.2, 0.25) is 0 Å². The van der Waals surface area contributed by atoms with Crippen LogP contribution >= 0.6 is 11.7 Å². The third-order valence-corrected chi connectivity index (χ3v) is 3.79. The molecule has 0 bridgehead atoms. The fraction of sp³-hybridized carbons (Fsp3) is 0.467. The molecule has 0 aliphatic carbocycles. The molecule has 1 atom stereocenters. The maximum Gasteiger partial charge on any atom is 0.0806 e. The molecule has 0 N–H and O–H groups in total. The minimum atomic E-state index is 0.492. The molecule has 18 heavy (non-hydrogen) atoms. The van der Waals surface area contributed by atoms with Crippen molar-refractivity contribution < 1.29 is 0 Å². The van der Waals surface area contributed by atoms with Gasteiger partial charge in [-0.1, -0.05) is 44.2 Å². The van der Waals surface area contributed by atoms with Crippen LogP contribution < -0.4 is 0 Å². The maximum absolute atomic E-state index is 4.50. The molecule has 0 saturated carbocycles. The van der Waals surface area contributed by atoms with E-state index in [2.05, 4.69) is 59.9 Å². The maximum atomic E-state index is 4.50. The third-order valence-electron chi connectivity index (χ3n) is 3.16. The lowest BCUT2D eigenvalue weighted by atomic mass is 9.88. The van der Waals surface area contributed by atoms with Gasteiger partial charge in [-0.3, -0.25) is 0 Å². The molecule has 2 rings (SSSR count). The zero-order valence-corrected chi connectivity index (χ0v) is 12.1. The first-order chi connectivity index (χ1) is 8.66. The Morgan fingerprint density at radius 1 is 1.11 bits per heavy atom. The van der Waals surface area contributed by atoms with E-state index in [0.717, 1.165) is 12.1 Å². The molecule has 1 aromatic carbocycles. The number of hydrogen-bond acceptors (Lipinski definition) is 3. The Labute approximate surface area is 113 Å². The van der Waals surface area contributed by atoms with E-state index in [1.54, 1.807) is 0 Å². The minimum Gasteiger partial charge on any atom is -0.178 e. The van der Waals surface area contributed by atoms with Gasteiger partial charge in [-0.2, -0.15) is 8.75 Å². The van der Waals surface area contributed by atoms with Gasteiger partial charge in [0, 0.05) is 5.92 Å². The Hall–Kier alpha value is -1.22. The van der Waals surface area contributed by atoms with Crippen LogP contribution in [0.4, 0.5) is 0 Å². The Kier molecular flexibility index (Phi) is 4.48. The third kappa shape index (κ3) is 3.39. The van der Waals surface area contributed by atoms with Crippen molar-refractivity contribution in [3.05, 3.63) is 47.3 Å². The molecule has 96 valence electrons. The van der Waals surface area contributed by atoms with Crippen molar-refractivity contribution in [2.24, 2.45) is 5.92 Å². The highest BCUT2D eigenvalue weighted by molar-refractivity contribution is 6.99. The van der Waals surface area contributed by atoms with Crippen LogP contribution in [-0.2, 0) is 6.42 Å². The van der Waals surface area contributed by atoms with Gasteiger partial charge < -0.3 is 0 Å². The fourth-order valence-corrected chi connectivity index (χ4v) is 2.99. The fourth-order valence-electron chi connectivity index (χ4n) is 2.37. The molecule has 1 aromatic heterocycles. The lowest BCUT2D eigenvalue weighted by Crippen LogP contribution is -2.08. The lowest BCUT2D eigenvalue weighted by Gasteiger charge is -2.17. The van der Waals surface area contributed by atoms with E-state index in [0.29, 0.717) is 11.8 Å². The van der Waals surface area contributed by atoms with Gasteiger partial charge in [0.25, 0.3) is 0 Å². The van der Waals surface area contributed by atoms with E-state index in [4.69, 9.17) is 0 Å². The highest BCUT2D eigenvalue weighted by Gasteiger charge is 2.19. The first-order valence-electron chi connectivity index (χ1n) is 6.49. The molecule has 2 nitrogen and oxygen atoms in total. The topological polar surface area (TPSA) is 25.8 Å². The van der Waals surface area contributed by atoms with Gasteiger partial charge in [-0.15, -0.1) is 0 Å². The summed E-state index contributed by atoms with van der Waals surface area (Å²) >= 11 is 1.33. The lowest BCUT2D eigenvalue weighted by molar-refractivity contribution is 0.489. The van der Waals surface area contributed by atoms with Gasteiger partial charge >= 0.3 is 0 Å². The molecule has 3 heteroatoms. The van der Waals surface area contributed by atoms with Crippen molar-refractivity contribution in [2.75, 3.05) is 0 Å². The monoisotopic (exact) mass is 260 g/mol. The summed E-state index contributed by atoms with van der Waals surface area (Å²) in [7, 11) is 0. The predicted molar refractivity (Wildman–Crippen MR) is 77.0 cm³/mol. The molecule has 0 aliphatic rings. The molecular weight excluding hydrogens is 240 g/mol. The van der Waals surface area contributed by atoms with Crippen LogP contribution in [0.5, 0.6) is 0 Å². The molecular formula is C15H20N2S. The first kappa shape index (κ1) is 13.2. The molecule has 0 spiro atoms. The van der Waals surface area contributed by atoms with Crippen molar-refractivity contribution in [3.8, 4) is 0 Å². The summed E-state index contributed by atoms with van der Waals surface area (Å²) in [4.78, 5) is 0. The number of benzene rings is 1. The van der Waals surface area contributed by atoms with Crippen LogP contribution in [0.15, 0.2) is 30.3 Å². The second-order valence-electron chi connectivity index (χ2n) is 5.25. The van der Waals surface area contributed by atoms with Gasteiger partial charge in [0.1, 0.15) is 0 Å². The quantitative estimate of drug-likeness (QED) is 0.804. The summed E-state index contributed by atoms with van der Waals surface area (Å²) in [5, 5.41) is 0. The Balaban J connectivity index is 2.18. The SMILES string of the molecule is Cc1nsnc1[C@H](Cc1ccccc1)CC(C)C. The normalized spacial score (nSPS) is 12.9. The molecule has 0 saturated heterocycles. The summed E-state index contributed by atoms with van der Waals surface area (Å²) in [6, 6.07) is 10.7. The second-order valence-corrected chi connectivity index (χ2v) is 5.78. The van der Waals surface area contributed by atoms with E-state index in [9.17, 15) is 0 Å². The van der Waals surface area contributed by atoms with Crippen LogP contribution in [0.25, 0.3) is 0 Å². The van der Waals surface area contributed by atoms with Crippen molar-refractivity contribution in [2.45, 2.75) is 39.5 Å². The molecule has 1 heterocycles. The largest absolute Gasteiger partial charge is 0.178 e. The van der Waals surface area contributed by atoms with E-state index < -0.39 is 0 Å². The van der Waals surface area contributed by atoms with E-state index in [-0.39, 0.29) is 0 Å². The van der Waals surface area contributed by atoms with Crippen LogP contribution in [0.1, 0.15) is 43.1 Å². The summed E-state index contributed by atoms with van der Waals surface area (Å²) in [5.74, 6) is 1.17. The van der Waals surface area contributed by atoms with Gasteiger partial charge in [-0.05, 0) is 31.2 Å². The van der Waals surface area contributed by atoms with E-state index in [1.807, 2.05) is 0 Å². The van der Waals surface area contributed by atoms with Crippen molar-refractivity contribution in [1.82, 2.24) is 8.75 Å². The summed E-state index contributed by atoms with van der Waals surface area (Å²) < 4.78 is 8.81. The number of hydrogen-bond donors (Lipinski definition) is 0. The summed E-state index contributed by atoms with van der Waals surface area (Å²) in [5.41, 5.74) is 3.68. The van der Waals surface area contributed by atoms with Crippen molar-refractivity contribution in [1.29, 1.82) is 0 Å². The number of aromatic nitrogens is 2. The van der Waals surface area contributed by atoms with Crippen LogP contribution in [0, 0.1) is 12.8 Å². The van der Waals surface area contributed by atoms with Gasteiger partial charge in [0.2, 0.25) is 0 Å². The van der Waals surface area contributed by atoms with E-state index in [1.165, 1.54) is 29.4 Å². The Morgan fingerprint density at radius 2 is 1.83 bits per heavy atom. The number of nitrogens with zero attached hydrogens (tertiary/aromatic N) is 2. The van der Waals surface area contributed by atoms with Gasteiger partial charge in [-0.25, -0.2) is 0 Å². The first-order valence-corrected chi connectivity index (χ1v) is 7.23. The van der Waals surface area contributed by atoms with Crippen molar-refractivity contribution in [3.63, 3.8) is 0 Å². The van der Waals surface area contributed by atoms with E-state index >= 15 is 0 Å². The average molecular weight is 260 g/mol. The zero-order valence-electron chi connectivity index (χ0n) is 11.3. The predicted octanol–water partition coefficient (Wildman–Crippen LogP) is 4.22. The van der Waals surface area contributed by atoms with Crippen LogP contribution in [-0.4, -0.2) is 8.75 Å². The molecule has 0 unspecified atom stereocenters. The van der Waals surface area contributed by atoms with Gasteiger partial charge in [0.15, 0.2) is 0 Å². The molecule has 0 aliphatic heterocycles. The molecule has 0 fully saturated rings. The minimum absolute atomic E-state index is 0.492. The van der Waals surface area contributed by atoms with Crippen LogP contribution in [0.3, 0.4) is 0 Å². The molecule has 0 amide bonds. The summed E-state index contributed by atoms with van der Waals surface area (Å²) in [6.07, 6.45) is 2.23. The highest BCUT2D eigenvalue weighted by atomic mass is 32.1. The highest BCUT2D eigenvalue weighted by Crippen LogP contribution is 2.28. The zero-order chi connectivity index (χ0) is 13.0. The standard InChI is InChI=1S/C15H20N2S/c1-11(2)9-14(15-12(3)16-18-17-15)10-13-7-5-4-6-8-13/h4-8,11,14H,9-10H2,1-3H3/t14-/m0/s1. The summed E-state index contributed by atoms with van der Waals surface area (Å²) in [6.45, 7) is 6.61. The second kappa shape index (κ2) is 6.10. The molecule has 2 aromatic rings. The average Bonchev–Trinajstić information content (AvgIpc) is 2.75. The Morgan fingerprint density at radius 3 is 2.39 bits per heavy atom. The number of aryl methyl sites for hydroxylation is 1. The van der Waals surface area contributed by atoms with Crippen molar-refractivity contribution >= 4 is 11.7 Å². The molecule has 0 radical (unpaired) electrons.